The van der Waals surface area contributed by atoms with Crippen LogP contribution < -0.4 is 10.6 Å². The minimum atomic E-state index is 0. The maximum atomic E-state index is 5.49. The fourth-order valence-electron chi connectivity index (χ4n) is 1.97. The van der Waals surface area contributed by atoms with Gasteiger partial charge in [0.2, 0.25) is 5.89 Å². The van der Waals surface area contributed by atoms with Gasteiger partial charge in [0, 0.05) is 13.2 Å². The van der Waals surface area contributed by atoms with E-state index in [1.54, 1.807) is 30.8 Å². The second-order valence-corrected chi connectivity index (χ2v) is 5.67. The first-order valence-corrected chi connectivity index (χ1v) is 8.06. The second kappa shape index (κ2) is 9.38. The summed E-state index contributed by atoms with van der Waals surface area (Å²) in [6.45, 7) is 1.15. The van der Waals surface area contributed by atoms with Gasteiger partial charge in [0.15, 0.2) is 5.96 Å². The number of guanidine groups is 1. The molecule has 0 aliphatic rings. The van der Waals surface area contributed by atoms with E-state index < -0.39 is 0 Å². The first kappa shape index (κ1) is 18.4. The summed E-state index contributed by atoms with van der Waals surface area (Å²) in [4.78, 5) is 13.9. The predicted octanol–water partition coefficient (Wildman–Crippen LogP) is 3.28. The van der Waals surface area contributed by atoms with Crippen molar-refractivity contribution < 1.29 is 4.42 Å². The largest absolute Gasteiger partial charge is 0.443 e. The van der Waals surface area contributed by atoms with Crippen LogP contribution in [0.25, 0.3) is 10.8 Å². The molecule has 0 aromatic carbocycles. The zero-order valence-corrected chi connectivity index (χ0v) is 16.2. The molecular weight excluding hydrogens is 437 g/mol. The summed E-state index contributed by atoms with van der Waals surface area (Å²) in [7, 11) is 1.73. The van der Waals surface area contributed by atoms with Crippen LogP contribution in [0.4, 0.5) is 0 Å². The SMILES string of the molecule is CN=C(NCc1ccccn1)NCc1coc(-c2cccs2)n1.I. The number of aromatic nitrogens is 2. The summed E-state index contributed by atoms with van der Waals surface area (Å²) >= 11 is 1.60. The third kappa shape index (κ3) is 5.03. The average Bonchev–Trinajstić information content (AvgIpc) is 3.27. The quantitative estimate of drug-likeness (QED) is 0.351. The van der Waals surface area contributed by atoms with Crippen molar-refractivity contribution in [1.82, 2.24) is 20.6 Å². The van der Waals surface area contributed by atoms with Crippen molar-refractivity contribution in [3.63, 3.8) is 0 Å². The fraction of sp³-hybridized carbons (Fsp3) is 0.188. The Morgan fingerprint density at radius 3 is 2.67 bits per heavy atom. The van der Waals surface area contributed by atoms with Crippen LogP contribution in [-0.2, 0) is 13.1 Å². The Balaban J connectivity index is 0.00000208. The minimum absolute atomic E-state index is 0. The number of oxazole rings is 1. The van der Waals surface area contributed by atoms with Crippen molar-refractivity contribution in [1.29, 1.82) is 0 Å². The Bertz CT molecular complexity index is 758. The van der Waals surface area contributed by atoms with Crippen molar-refractivity contribution in [2.45, 2.75) is 13.1 Å². The smallest absolute Gasteiger partial charge is 0.236 e. The van der Waals surface area contributed by atoms with Crippen molar-refractivity contribution in [2.24, 2.45) is 4.99 Å². The van der Waals surface area contributed by atoms with Crippen molar-refractivity contribution >= 4 is 41.3 Å². The van der Waals surface area contributed by atoms with Gasteiger partial charge >= 0.3 is 0 Å². The molecule has 0 spiro atoms. The van der Waals surface area contributed by atoms with Crippen LogP contribution in [0.15, 0.2) is 57.6 Å². The number of thiophene rings is 1. The highest BCUT2D eigenvalue weighted by Crippen LogP contribution is 2.23. The molecule has 24 heavy (non-hydrogen) atoms. The zero-order valence-electron chi connectivity index (χ0n) is 13.1. The van der Waals surface area contributed by atoms with E-state index in [0.29, 0.717) is 24.9 Å². The Morgan fingerprint density at radius 2 is 2.00 bits per heavy atom. The van der Waals surface area contributed by atoms with E-state index in [2.05, 4.69) is 25.6 Å². The highest BCUT2D eigenvalue weighted by atomic mass is 127. The summed E-state index contributed by atoms with van der Waals surface area (Å²) in [5.41, 5.74) is 1.78. The Morgan fingerprint density at radius 1 is 1.17 bits per heavy atom. The molecule has 3 rings (SSSR count). The van der Waals surface area contributed by atoms with Gasteiger partial charge < -0.3 is 15.1 Å². The molecule has 126 valence electrons. The number of pyridine rings is 1. The van der Waals surface area contributed by atoms with Crippen LogP contribution in [0, 0.1) is 0 Å². The molecule has 2 N–H and O–H groups in total. The standard InChI is InChI=1S/C16H17N5OS.HI/c1-17-16(19-9-12-5-2-3-7-18-12)20-10-13-11-22-15(21-13)14-6-4-8-23-14;/h2-8,11H,9-10H2,1H3,(H2,17,19,20);1H. The molecule has 3 aromatic heterocycles. The van der Waals surface area contributed by atoms with Crippen LogP contribution in [0.3, 0.4) is 0 Å². The van der Waals surface area contributed by atoms with Gasteiger partial charge in [-0.3, -0.25) is 9.98 Å². The van der Waals surface area contributed by atoms with E-state index >= 15 is 0 Å². The molecule has 0 saturated carbocycles. The van der Waals surface area contributed by atoms with E-state index in [-0.39, 0.29) is 24.0 Å². The maximum absolute atomic E-state index is 5.49. The van der Waals surface area contributed by atoms with Gasteiger partial charge in [-0.25, -0.2) is 4.98 Å². The third-order valence-corrected chi connectivity index (χ3v) is 3.97. The van der Waals surface area contributed by atoms with Gasteiger partial charge in [0.25, 0.3) is 0 Å². The minimum Gasteiger partial charge on any atom is -0.443 e. The van der Waals surface area contributed by atoms with Crippen LogP contribution in [0.1, 0.15) is 11.4 Å². The van der Waals surface area contributed by atoms with E-state index in [4.69, 9.17) is 4.42 Å². The maximum Gasteiger partial charge on any atom is 0.236 e. The normalized spacial score (nSPS) is 11.0. The van der Waals surface area contributed by atoms with Crippen molar-refractivity contribution in [3.05, 3.63) is 59.6 Å². The number of hydrogen-bond donors (Lipinski definition) is 2. The molecule has 3 heterocycles. The monoisotopic (exact) mass is 455 g/mol. The second-order valence-electron chi connectivity index (χ2n) is 4.72. The van der Waals surface area contributed by atoms with Gasteiger partial charge in [0.1, 0.15) is 6.26 Å². The van der Waals surface area contributed by atoms with Crippen molar-refractivity contribution in [2.75, 3.05) is 7.05 Å². The number of aliphatic imine (C=N–C) groups is 1. The topological polar surface area (TPSA) is 75.3 Å². The molecule has 0 fully saturated rings. The number of rotatable bonds is 5. The molecule has 0 aliphatic carbocycles. The first-order chi connectivity index (χ1) is 11.3. The van der Waals surface area contributed by atoms with Gasteiger partial charge in [-0.15, -0.1) is 35.3 Å². The molecule has 0 unspecified atom stereocenters. The summed E-state index contributed by atoms with van der Waals surface area (Å²) in [5, 5.41) is 8.42. The first-order valence-electron chi connectivity index (χ1n) is 7.18. The fourth-order valence-corrected chi connectivity index (χ4v) is 2.63. The number of halogens is 1. The van der Waals surface area contributed by atoms with Crippen LogP contribution in [-0.4, -0.2) is 23.0 Å². The predicted molar refractivity (Wildman–Crippen MR) is 107 cm³/mol. The summed E-state index contributed by atoms with van der Waals surface area (Å²) < 4.78 is 5.49. The molecule has 3 aromatic rings. The van der Waals surface area contributed by atoms with Gasteiger partial charge in [-0.05, 0) is 23.6 Å². The molecule has 0 atom stereocenters. The number of nitrogens with one attached hydrogen (secondary N) is 2. The lowest BCUT2D eigenvalue weighted by atomic mass is 10.3. The van der Waals surface area contributed by atoms with E-state index in [9.17, 15) is 0 Å². The number of hydrogen-bond acceptors (Lipinski definition) is 5. The zero-order chi connectivity index (χ0) is 15.9. The van der Waals surface area contributed by atoms with E-state index in [1.807, 2.05) is 35.7 Å². The molecule has 0 bridgehead atoms. The average molecular weight is 455 g/mol. The molecule has 0 amide bonds. The van der Waals surface area contributed by atoms with Crippen LogP contribution in [0.5, 0.6) is 0 Å². The summed E-state index contributed by atoms with van der Waals surface area (Å²) in [5.74, 6) is 1.34. The molecular formula is C16H18IN5OS. The Kier molecular flexibility index (Phi) is 7.19. The lowest BCUT2D eigenvalue weighted by Crippen LogP contribution is -2.36. The van der Waals surface area contributed by atoms with Gasteiger partial charge in [-0.2, -0.15) is 0 Å². The molecule has 0 radical (unpaired) electrons. The van der Waals surface area contributed by atoms with Crippen LogP contribution in [0.2, 0.25) is 0 Å². The van der Waals surface area contributed by atoms with Gasteiger partial charge in [-0.1, -0.05) is 12.1 Å². The lowest BCUT2D eigenvalue weighted by Gasteiger charge is -2.10. The Hall–Kier alpha value is -1.94. The molecule has 8 heteroatoms. The number of nitrogens with zero attached hydrogens (tertiary/aromatic N) is 3. The lowest BCUT2D eigenvalue weighted by molar-refractivity contribution is 0.573. The summed E-state index contributed by atoms with van der Waals surface area (Å²) in [6.07, 6.45) is 3.43. The molecule has 6 nitrogen and oxygen atoms in total. The summed E-state index contributed by atoms with van der Waals surface area (Å²) in [6, 6.07) is 9.78. The van der Waals surface area contributed by atoms with E-state index in [1.165, 1.54) is 0 Å². The van der Waals surface area contributed by atoms with Crippen molar-refractivity contribution in [3.8, 4) is 10.8 Å². The molecule has 0 aliphatic heterocycles. The van der Waals surface area contributed by atoms with E-state index in [0.717, 1.165) is 16.3 Å². The molecule has 0 saturated heterocycles. The van der Waals surface area contributed by atoms with Gasteiger partial charge in [0.05, 0.1) is 29.4 Å². The van der Waals surface area contributed by atoms with Crippen LogP contribution >= 0.6 is 35.3 Å². The highest BCUT2D eigenvalue weighted by molar-refractivity contribution is 14.0. The highest BCUT2D eigenvalue weighted by Gasteiger charge is 2.08. The Labute approximate surface area is 161 Å². The third-order valence-electron chi connectivity index (χ3n) is 3.11.